The quantitative estimate of drug-likeness (QED) is 0.444. The summed E-state index contributed by atoms with van der Waals surface area (Å²) in [6.07, 6.45) is 1.09. The third-order valence-electron chi connectivity index (χ3n) is 2.94. The van der Waals surface area contributed by atoms with Gasteiger partial charge in [-0.2, -0.15) is 0 Å². The van der Waals surface area contributed by atoms with E-state index < -0.39 is 10.8 Å². The predicted molar refractivity (Wildman–Crippen MR) is 78.5 cm³/mol. The molecule has 1 rings (SSSR count). The summed E-state index contributed by atoms with van der Waals surface area (Å²) in [5.41, 5.74) is -0.272. The van der Waals surface area contributed by atoms with Crippen molar-refractivity contribution < 1.29 is 14.5 Å². The van der Waals surface area contributed by atoms with Crippen molar-refractivity contribution in [2.24, 2.45) is 0 Å². The van der Waals surface area contributed by atoms with Crippen LogP contribution < -0.4 is 5.32 Å². The molecule has 0 bridgehead atoms. The molecule has 0 spiro atoms. The van der Waals surface area contributed by atoms with Crippen molar-refractivity contribution in [2.45, 2.75) is 13.8 Å². The summed E-state index contributed by atoms with van der Waals surface area (Å²) in [6.45, 7) is 5.47. The predicted octanol–water partition coefficient (Wildman–Crippen LogP) is 1.53. The molecular weight excluding hydrogens is 276 g/mol. The highest BCUT2D eigenvalue weighted by Gasteiger charge is 2.25. The van der Waals surface area contributed by atoms with Gasteiger partial charge in [0.25, 0.3) is 11.6 Å². The molecule has 0 aliphatic heterocycles. The number of rotatable bonds is 8. The molecule has 0 saturated carbocycles. The van der Waals surface area contributed by atoms with Crippen molar-refractivity contribution >= 4 is 17.4 Å². The number of aromatic nitrogens is 1. The van der Waals surface area contributed by atoms with Crippen LogP contribution in [0.3, 0.4) is 0 Å². The molecule has 1 aromatic heterocycles. The van der Waals surface area contributed by atoms with E-state index in [2.05, 4.69) is 10.3 Å². The Balaban J connectivity index is 3.04. The summed E-state index contributed by atoms with van der Waals surface area (Å²) in [7, 11) is 1.63. The molecular formula is C13H20N4O4. The van der Waals surface area contributed by atoms with Crippen LogP contribution in [0.1, 0.15) is 24.2 Å². The van der Waals surface area contributed by atoms with E-state index in [0.717, 1.165) is 6.20 Å². The molecule has 1 aromatic rings. The van der Waals surface area contributed by atoms with Crippen LogP contribution in [0.25, 0.3) is 0 Å². The lowest BCUT2D eigenvalue weighted by Crippen LogP contribution is -2.34. The van der Waals surface area contributed by atoms with Gasteiger partial charge < -0.3 is 15.0 Å². The highest BCUT2D eigenvalue weighted by molar-refractivity contribution is 5.98. The number of nitrogens with one attached hydrogen (secondary N) is 1. The number of nitro groups is 1. The molecule has 0 aliphatic carbocycles. The standard InChI is InChI=1S/C13H20N4O4/c1-4-16(6-7-21-5-2)13(18)10-8-12(14-3)15-9-11(10)17(19)20/h8-9H,4-7H2,1-3H3,(H,14,15). The highest BCUT2D eigenvalue weighted by Crippen LogP contribution is 2.21. The van der Waals surface area contributed by atoms with Gasteiger partial charge in [-0.05, 0) is 13.8 Å². The maximum absolute atomic E-state index is 12.5. The molecule has 0 fully saturated rings. The number of likely N-dealkylation sites (N-methyl/N-ethyl adjacent to an activating group) is 1. The zero-order valence-corrected chi connectivity index (χ0v) is 12.5. The van der Waals surface area contributed by atoms with Crippen molar-refractivity contribution in [1.82, 2.24) is 9.88 Å². The fourth-order valence-corrected chi connectivity index (χ4v) is 1.79. The molecule has 116 valence electrons. The topological polar surface area (TPSA) is 97.6 Å². The first-order valence-corrected chi connectivity index (χ1v) is 6.74. The Morgan fingerprint density at radius 2 is 2.24 bits per heavy atom. The summed E-state index contributed by atoms with van der Waals surface area (Å²) < 4.78 is 5.22. The normalized spacial score (nSPS) is 10.2. The average Bonchev–Trinajstić information content (AvgIpc) is 2.50. The van der Waals surface area contributed by atoms with Crippen molar-refractivity contribution in [3.63, 3.8) is 0 Å². The number of hydrogen-bond donors (Lipinski definition) is 1. The van der Waals surface area contributed by atoms with Crippen LogP contribution in [0.5, 0.6) is 0 Å². The summed E-state index contributed by atoms with van der Waals surface area (Å²) in [5.74, 6) is 0.00705. The molecule has 21 heavy (non-hydrogen) atoms. The van der Waals surface area contributed by atoms with Crippen LogP contribution >= 0.6 is 0 Å². The summed E-state index contributed by atoms with van der Waals surface area (Å²) >= 11 is 0. The van der Waals surface area contributed by atoms with E-state index in [9.17, 15) is 14.9 Å². The Labute approximate surface area is 123 Å². The smallest absolute Gasteiger partial charge is 0.300 e. The lowest BCUT2D eigenvalue weighted by molar-refractivity contribution is -0.385. The first kappa shape index (κ1) is 16.8. The van der Waals surface area contributed by atoms with Gasteiger partial charge in [0.05, 0.1) is 11.5 Å². The zero-order valence-electron chi connectivity index (χ0n) is 12.5. The Morgan fingerprint density at radius 3 is 2.76 bits per heavy atom. The van der Waals surface area contributed by atoms with Crippen molar-refractivity contribution in [2.75, 3.05) is 38.7 Å². The molecule has 0 aromatic carbocycles. The van der Waals surface area contributed by atoms with Crippen molar-refractivity contribution in [3.8, 4) is 0 Å². The number of nitrogens with zero attached hydrogens (tertiary/aromatic N) is 3. The summed E-state index contributed by atoms with van der Waals surface area (Å²) in [6, 6.07) is 1.39. The molecule has 0 saturated heterocycles. The third-order valence-corrected chi connectivity index (χ3v) is 2.94. The van der Waals surface area contributed by atoms with Crippen LogP contribution in [0.15, 0.2) is 12.3 Å². The van der Waals surface area contributed by atoms with Crippen LogP contribution in [0.2, 0.25) is 0 Å². The van der Waals surface area contributed by atoms with Crippen molar-refractivity contribution in [3.05, 3.63) is 27.9 Å². The summed E-state index contributed by atoms with van der Waals surface area (Å²) in [4.78, 5) is 28.3. The minimum Gasteiger partial charge on any atom is -0.380 e. The largest absolute Gasteiger partial charge is 0.380 e. The molecule has 8 nitrogen and oxygen atoms in total. The zero-order chi connectivity index (χ0) is 15.8. The fraction of sp³-hybridized carbons (Fsp3) is 0.538. The molecule has 0 radical (unpaired) electrons. The van der Waals surface area contributed by atoms with Gasteiger partial charge in [-0.15, -0.1) is 0 Å². The lowest BCUT2D eigenvalue weighted by Gasteiger charge is -2.20. The number of pyridine rings is 1. The molecule has 0 unspecified atom stereocenters. The Bertz CT molecular complexity index is 507. The van der Waals surface area contributed by atoms with Gasteiger partial charge >= 0.3 is 0 Å². The molecule has 0 atom stereocenters. The second kappa shape index (κ2) is 8.15. The van der Waals surface area contributed by atoms with E-state index in [1.54, 1.807) is 7.05 Å². The number of hydrogen-bond acceptors (Lipinski definition) is 6. The van der Waals surface area contributed by atoms with Gasteiger partial charge in [0, 0.05) is 32.8 Å². The second-order valence-corrected chi connectivity index (χ2v) is 4.18. The minimum absolute atomic E-state index is 0.0256. The molecule has 1 N–H and O–H groups in total. The summed E-state index contributed by atoms with van der Waals surface area (Å²) in [5, 5.41) is 13.8. The maximum Gasteiger partial charge on any atom is 0.300 e. The molecule has 8 heteroatoms. The monoisotopic (exact) mass is 296 g/mol. The Kier molecular flexibility index (Phi) is 6.54. The van der Waals surface area contributed by atoms with E-state index in [4.69, 9.17) is 4.74 Å². The molecule has 1 amide bonds. The van der Waals surface area contributed by atoms with Gasteiger partial charge in [-0.25, -0.2) is 4.98 Å². The number of ether oxygens (including phenoxy) is 1. The first-order valence-electron chi connectivity index (χ1n) is 6.74. The molecule has 1 heterocycles. The van der Waals surface area contributed by atoms with E-state index in [-0.39, 0.29) is 11.3 Å². The van der Waals surface area contributed by atoms with E-state index in [0.29, 0.717) is 32.1 Å². The molecule has 0 aliphatic rings. The van der Waals surface area contributed by atoms with Gasteiger partial charge in [0.1, 0.15) is 17.6 Å². The van der Waals surface area contributed by atoms with Crippen molar-refractivity contribution in [1.29, 1.82) is 0 Å². The van der Waals surface area contributed by atoms with E-state index in [1.165, 1.54) is 11.0 Å². The number of anilines is 1. The van der Waals surface area contributed by atoms with Gasteiger partial charge in [-0.1, -0.05) is 0 Å². The number of carbonyl (C=O) groups is 1. The fourth-order valence-electron chi connectivity index (χ4n) is 1.79. The van der Waals surface area contributed by atoms with E-state index >= 15 is 0 Å². The lowest BCUT2D eigenvalue weighted by atomic mass is 10.2. The number of carbonyl (C=O) groups excluding carboxylic acids is 1. The number of amides is 1. The third kappa shape index (κ3) is 4.38. The van der Waals surface area contributed by atoms with Crippen LogP contribution in [0, 0.1) is 10.1 Å². The van der Waals surface area contributed by atoms with E-state index in [1.807, 2.05) is 13.8 Å². The second-order valence-electron chi connectivity index (χ2n) is 4.18. The van der Waals surface area contributed by atoms with Gasteiger partial charge in [0.15, 0.2) is 0 Å². The highest BCUT2D eigenvalue weighted by atomic mass is 16.6. The van der Waals surface area contributed by atoms with Gasteiger partial charge in [-0.3, -0.25) is 14.9 Å². The Morgan fingerprint density at radius 1 is 1.52 bits per heavy atom. The van der Waals surface area contributed by atoms with Crippen LogP contribution in [-0.4, -0.2) is 54.1 Å². The van der Waals surface area contributed by atoms with Gasteiger partial charge in [0.2, 0.25) is 0 Å². The average molecular weight is 296 g/mol. The Hall–Kier alpha value is -2.22. The van der Waals surface area contributed by atoms with Crippen LogP contribution in [-0.2, 0) is 4.74 Å². The van der Waals surface area contributed by atoms with Crippen LogP contribution in [0.4, 0.5) is 11.5 Å². The maximum atomic E-state index is 12.5. The SMILES string of the molecule is CCOCCN(CC)C(=O)c1cc(NC)ncc1[N+](=O)[O-]. The minimum atomic E-state index is -0.601. The first-order chi connectivity index (χ1) is 10.0.